The zero-order valence-electron chi connectivity index (χ0n) is 16.7. The maximum absolute atomic E-state index is 9.86. The van der Waals surface area contributed by atoms with E-state index in [4.69, 9.17) is 43.1 Å². The van der Waals surface area contributed by atoms with Crippen molar-refractivity contribution in [2.75, 3.05) is 13.7 Å². The Labute approximate surface area is 188 Å². The fourth-order valence-electron chi connectivity index (χ4n) is 3.64. The summed E-state index contributed by atoms with van der Waals surface area (Å²) >= 11 is 13.0. The number of ether oxygens (including phenoxy) is 3. The van der Waals surface area contributed by atoms with Gasteiger partial charge < -0.3 is 19.9 Å². The van der Waals surface area contributed by atoms with Crippen LogP contribution in [0.1, 0.15) is 24.0 Å². The summed E-state index contributed by atoms with van der Waals surface area (Å²) in [5.41, 5.74) is 8.77. The molecule has 0 spiro atoms. The number of aromatic amines is 1. The van der Waals surface area contributed by atoms with E-state index in [2.05, 4.69) is 16.3 Å². The molecular weight excluding hydrogens is 439 g/mol. The largest absolute Gasteiger partial charge is 0.493 e. The Morgan fingerprint density at radius 2 is 1.94 bits per heavy atom. The Morgan fingerprint density at radius 3 is 2.58 bits per heavy atom. The first kappa shape index (κ1) is 20.9. The van der Waals surface area contributed by atoms with Gasteiger partial charge in [0.05, 0.1) is 30.9 Å². The predicted molar refractivity (Wildman–Crippen MR) is 118 cm³/mol. The smallest absolute Gasteiger partial charge is 0.244 e. The van der Waals surface area contributed by atoms with Gasteiger partial charge in [-0.2, -0.15) is 5.26 Å². The zero-order chi connectivity index (χ0) is 22.1. The van der Waals surface area contributed by atoms with Crippen LogP contribution in [-0.4, -0.2) is 23.9 Å². The number of aromatic nitrogens is 2. The van der Waals surface area contributed by atoms with E-state index in [-0.39, 0.29) is 17.3 Å². The van der Waals surface area contributed by atoms with Gasteiger partial charge in [-0.3, -0.25) is 5.10 Å². The summed E-state index contributed by atoms with van der Waals surface area (Å²) in [6, 6.07) is 12.8. The van der Waals surface area contributed by atoms with Gasteiger partial charge in [-0.1, -0.05) is 29.3 Å². The van der Waals surface area contributed by atoms with Crippen LogP contribution in [0, 0.1) is 11.3 Å². The van der Waals surface area contributed by atoms with Crippen molar-refractivity contribution in [1.82, 2.24) is 10.2 Å². The van der Waals surface area contributed by atoms with Crippen molar-refractivity contribution in [1.29, 1.82) is 5.26 Å². The third-order valence-electron chi connectivity index (χ3n) is 4.98. The van der Waals surface area contributed by atoms with Crippen molar-refractivity contribution in [2.24, 2.45) is 5.73 Å². The highest BCUT2D eigenvalue weighted by Gasteiger charge is 2.37. The molecule has 0 saturated heterocycles. The molecule has 3 aromatic rings. The number of nitrogens with zero attached hydrogens (tertiary/aromatic N) is 2. The molecule has 0 aliphatic carbocycles. The summed E-state index contributed by atoms with van der Waals surface area (Å²) in [6.45, 7) is 2.40. The molecule has 0 unspecified atom stereocenters. The van der Waals surface area contributed by atoms with Crippen LogP contribution in [0.5, 0.6) is 17.4 Å². The van der Waals surface area contributed by atoms with E-state index in [1.165, 1.54) is 0 Å². The molecule has 0 saturated carbocycles. The number of nitrogens with one attached hydrogen (secondary N) is 1. The average Bonchev–Trinajstić information content (AvgIpc) is 3.17. The summed E-state index contributed by atoms with van der Waals surface area (Å²) in [5.74, 6) is 0.716. The number of methoxy groups -OCH3 is 1. The minimum absolute atomic E-state index is 0.0432. The van der Waals surface area contributed by atoms with Gasteiger partial charge in [0.15, 0.2) is 11.5 Å². The quantitative estimate of drug-likeness (QED) is 0.558. The Hall–Kier alpha value is -3.34. The van der Waals surface area contributed by atoms with Gasteiger partial charge in [0.1, 0.15) is 11.6 Å². The summed E-state index contributed by atoms with van der Waals surface area (Å²) in [6.07, 6.45) is 0. The number of hydrogen-bond acceptors (Lipinski definition) is 6. The summed E-state index contributed by atoms with van der Waals surface area (Å²) < 4.78 is 16.7. The lowest BCUT2D eigenvalue weighted by atomic mass is 9.83. The van der Waals surface area contributed by atoms with Gasteiger partial charge in [0, 0.05) is 21.2 Å². The van der Waals surface area contributed by atoms with E-state index < -0.39 is 5.92 Å². The number of nitriles is 1. The molecule has 0 bridgehead atoms. The van der Waals surface area contributed by atoms with E-state index in [1.54, 1.807) is 25.3 Å². The lowest BCUT2D eigenvalue weighted by Gasteiger charge is -2.25. The highest BCUT2D eigenvalue weighted by Crippen LogP contribution is 2.49. The standard InChI is InChI=1S/C22H18Cl2N4O3/c1-3-30-15-8-7-11(9-16(15)29-2)20-19-17(18-13(23)5-4-6-14(18)24)12(10-25)21(26)31-22(19)28-27-20/h4-9,17H,3,26H2,1-2H3,(H,27,28)/t17-/m1/s1. The number of hydrogen-bond donors (Lipinski definition) is 2. The van der Waals surface area contributed by atoms with Gasteiger partial charge in [-0.05, 0) is 37.3 Å². The van der Waals surface area contributed by atoms with Crippen molar-refractivity contribution in [2.45, 2.75) is 12.8 Å². The first-order valence-electron chi connectivity index (χ1n) is 9.41. The number of fused-ring (bicyclic) bond motifs is 1. The molecule has 1 aliphatic heterocycles. The number of allylic oxidation sites excluding steroid dienone is 1. The number of H-pyrrole nitrogens is 1. The van der Waals surface area contributed by atoms with Gasteiger partial charge in [0.25, 0.3) is 0 Å². The molecule has 1 aliphatic rings. The molecule has 0 radical (unpaired) electrons. The topological polar surface area (TPSA) is 106 Å². The van der Waals surface area contributed by atoms with Crippen molar-refractivity contribution in [3.05, 3.63) is 69.0 Å². The lowest BCUT2D eigenvalue weighted by molar-refractivity contribution is 0.311. The van der Waals surface area contributed by atoms with Crippen molar-refractivity contribution >= 4 is 23.2 Å². The number of nitrogens with two attached hydrogens (primary N) is 1. The molecule has 2 heterocycles. The minimum atomic E-state index is -0.665. The molecule has 3 N–H and O–H groups in total. The van der Waals surface area contributed by atoms with Crippen LogP contribution in [0.25, 0.3) is 11.3 Å². The van der Waals surface area contributed by atoms with E-state index >= 15 is 0 Å². The highest BCUT2D eigenvalue weighted by atomic mass is 35.5. The first-order valence-corrected chi connectivity index (χ1v) is 10.2. The summed E-state index contributed by atoms with van der Waals surface area (Å²) in [5, 5.41) is 17.9. The summed E-state index contributed by atoms with van der Waals surface area (Å²) in [4.78, 5) is 0. The molecule has 4 rings (SSSR count). The van der Waals surface area contributed by atoms with Gasteiger partial charge in [0.2, 0.25) is 11.8 Å². The first-order chi connectivity index (χ1) is 15.0. The fourth-order valence-corrected chi connectivity index (χ4v) is 4.25. The van der Waals surface area contributed by atoms with Gasteiger partial charge in [-0.15, -0.1) is 5.10 Å². The molecular formula is C22H18Cl2N4O3. The number of benzene rings is 2. The zero-order valence-corrected chi connectivity index (χ0v) is 18.2. The number of halogens is 2. The summed E-state index contributed by atoms with van der Waals surface area (Å²) in [7, 11) is 1.57. The SMILES string of the molecule is CCOc1ccc(-c2[nH]nc3c2[C@@H](c2c(Cl)cccc2Cl)C(C#N)=C(N)O3)cc1OC. The molecule has 0 fully saturated rings. The molecule has 0 amide bonds. The monoisotopic (exact) mass is 456 g/mol. The van der Waals surface area contributed by atoms with Gasteiger partial charge >= 0.3 is 0 Å². The van der Waals surface area contributed by atoms with Crippen LogP contribution in [-0.2, 0) is 0 Å². The van der Waals surface area contributed by atoms with Crippen LogP contribution in [0.2, 0.25) is 10.0 Å². The Kier molecular flexibility index (Phi) is 5.68. The van der Waals surface area contributed by atoms with E-state index in [0.29, 0.717) is 45.0 Å². The molecule has 31 heavy (non-hydrogen) atoms. The lowest BCUT2D eigenvalue weighted by Crippen LogP contribution is -2.21. The van der Waals surface area contributed by atoms with Crippen LogP contribution < -0.4 is 19.9 Å². The second-order valence-electron chi connectivity index (χ2n) is 6.68. The van der Waals surface area contributed by atoms with Crippen molar-refractivity contribution in [3.63, 3.8) is 0 Å². The van der Waals surface area contributed by atoms with Crippen molar-refractivity contribution < 1.29 is 14.2 Å². The van der Waals surface area contributed by atoms with Crippen LogP contribution in [0.3, 0.4) is 0 Å². The second kappa shape index (κ2) is 8.42. The Balaban J connectivity index is 1.95. The normalized spacial score (nSPS) is 15.1. The fraction of sp³-hybridized carbons (Fsp3) is 0.182. The molecule has 1 atom stereocenters. The average molecular weight is 457 g/mol. The molecule has 7 nitrogen and oxygen atoms in total. The van der Waals surface area contributed by atoms with Crippen LogP contribution in [0.15, 0.2) is 47.9 Å². The predicted octanol–water partition coefficient (Wildman–Crippen LogP) is 5.01. The highest BCUT2D eigenvalue weighted by molar-refractivity contribution is 6.36. The third kappa shape index (κ3) is 3.54. The van der Waals surface area contributed by atoms with Gasteiger partial charge in [-0.25, -0.2) is 0 Å². The second-order valence-corrected chi connectivity index (χ2v) is 7.49. The van der Waals surface area contributed by atoms with Crippen LogP contribution in [0.4, 0.5) is 0 Å². The molecule has 1 aromatic heterocycles. The Bertz CT molecular complexity index is 1210. The molecule has 9 heteroatoms. The minimum Gasteiger partial charge on any atom is -0.493 e. The molecule has 2 aromatic carbocycles. The maximum atomic E-state index is 9.86. The number of rotatable bonds is 5. The maximum Gasteiger partial charge on any atom is 0.244 e. The van der Waals surface area contributed by atoms with E-state index in [9.17, 15) is 5.26 Å². The third-order valence-corrected chi connectivity index (χ3v) is 5.64. The van der Waals surface area contributed by atoms with E-state index in [1.807, 2.05) is 25.1 Å². The Morgan fingerprint density at radius 1 is 1.19 bits per heavy atom. The van der Waals surface area contributed by atoms with E-state index in [0.717, 1.165) is 5.56 Å². The van der Waals surface area contributed by atoms with Crippen LogP contribution >= 0.6 is 23.2 Å². The molecule has 158 valence electrons. The van der Waals surface area contributed by atoms with Crippen molar-refractivity contribution in [3.8, 4) is 34.7 Å².